The van der Waals surface area contributed by atoms with Crippen molar-refractivity contribution >= 4 is 11.3 Å². The largest absolute Gasteiger partial charge is 0.390 e. The van der Waals surface area contributed by atoms with E-state index in [1.54, 1.807) is 18.3 Å². The van der Waals surface area contributed by atoms with E-state index in [-0.39, 0.29) is 6.04 Å². The Morgan fingerprint density at radius 1 is 1.37 bits per heavy atom. The first-order valence-electron chi connectivity index (χ1n) is 6.82. The molecule has 1 N–H and O–H groups in total. The molecule has 1 nitrogen and oxygen atoms in total. The lowest BCUT2D eigenvalue weighted by Crippen LogP contribution is -2.36. The van der Waals surface area contributed by atoms with Crippen LogP contribution >= 0.6 is 11.3 Å². The monoisotopic (exact) mass is 291 g/mol. The molecule has 0 radical (unpaired) electrons. The van der Waals surface area contributed by atoms with E-state index in [1.165, 1.54) is 17.7 Å². The zero-order valence-electron chi connectivity index (χ0n) is 11.0. The summed E-state index contributed by atoms with van der Waals surface area (Å²) < 4.78 is 37.3. The quantitative estimate of drug-likeness (QED) is 0.812. The molecule has 2 unspecified atom stereocenters. The summed E-state index contributed by atoms with van der Waals surface area (Å²) in [5.74, 6) is 0.481. The summed E-state index contributed by atoms with van der Waals surface area (Å²) in [5, 5.41) is 5.20. The molecule has 0 saturated heterocycles. The number of alkyl halides is 3. The van der Waals surface area contributed by atoms with Gasteiger partial charge in [-0.1, -0.05) is 18.9 Å². The molecule has 0 amide bonds. The molecular weight excluding hydrogens is 271 g/mol. The van der Waals surface area contributed by atoms with E-state index >= 15 is 0 Å². The summed E-state index contributed by atoms with van der Waals surface area (Å²) in [5.41, 5.74) is 0. The van der Waals surface area contributed by atoms with Gasteiger partial charge in [0.15, 0.2) is 0 Å². The lowest BCUT2D eigenvalue weighted by Gasteiger charge is -2.28. The van der Waals surface area contributed by atoms with Crippen LogP contribution in [0.2, 0.25) is 0 Å². The van der Waals surface area contributed by atoms with Crippen molar-refractivity contribution < 1.29 is 13.2 Å². The van der Waals surface area contributed by atoms with Crippen LogP contribution in [0, 0.1) is 5.92 Å². The van der Waals surface area contributed by atoms with Crippen LogP contribution < -0.4 is 5.32 Å². The molecule has 19 heavy (non-hydrogen) atoms. The highest BCUT2D eigenvalue weighted by molar-refractivity contribution is 7.10. The highest BCUT2D eigenvalue weighted by atomic mass is 32.1. The summed E-state index contributed by atoms with van der Waals surface area (Å²) in [6.07, 6.45) is -0.226. The van der Waals surface area contributed by atoms with E-state index in [0.29, 0.717) is 5.92 Å². The average molecular weight is 291 g/mol. The average Bonchev–Trinajstić information content (AvgIpc) is 2.97. The Morgan fingerprint density at radius 3 is 2.58 bits per heavy atom. The number of hydrogen-bond acceptors (Lipinski definition) is 2. The Hall–Kier alpha value is -0.550. The summed E-state index contributed by atoms with van der Waals surface area (Å²) in [4.78, 5) is 1.17. The number of nitrogens with one attached hydrogen (secondary N) is 1. The van der Waals surface area contributed by atoms with E-state index in [4.69, 9.17) is 0 Å². The normalized spacial score (nSPS) is 20.6. The SMILES string of the molecule is CC(CC(F)(F)F)NC(c1cccs1)C1CCCC1. The molecule has 1 saturated carbocycles. The van der Waals surface area contributed by atoms with Crippen molar-refractivity contribution in [2.75, 3.05) is 0 Å². The van der Waals surface area contributed by atoms with Crippen molar-refractivity contribution in [1.29, 1.82) is 0 Å². The van der Waals surface area contributed by atoms with E-state index in [2.05, 4.69) is 5.32 Å². The summed E-state index contributed by atoms with van der Waals surface area (Å²) in [7, 11) is 0. The minimum absolute atomic E-state index is 0.0832. The van der Waals surface area contributed by atoms with Crippen molar-refractivity contribution in [2.24, 2.45) is 5.92 Å². The molecule has 1 aromatic heterocycles. The molecule has 0 bridgehead atoms. The minimum atomic E-state index is -4.10. The van der Waals surface area contributed by atoms with Gasteiger partial charge in [0.1, 0.15) is 0 Å². The van der Waals surface area contributed by atoms with Gasteiger partial charge in [0.05, 0.1) is 6.42 Å². The van der Waals surface area contributed by atoms with Crippen molar-refractivity contribution in [1.82, 2.24) is 5.32 Å². The Kier molecular flexibility index (Phi) is 4.90. The van der Waals surface area contributed by atoms with E-state index in [0.717, 1.165) is 12.8 Å². The van der Waals surface area contributed by atoms with Gasteiger partial charge in [0.25, 0.3) is 0 Å². The van der Waals surface area contributed by atoms with Crippen molar-refractivity contribution in [3.8, 4) is 0 Å². The van der Waals surface area contributed by atoms with E-state index in [1.807, 2.05) is 17.5 Å². The van der Waals surface area contributed by atoms with Gasteiger partial charge in [-0.3, -0.25) is 0 Å². The summed E-state index contributed by atoms with van der Waals surface area (Å²) in [6, 6.07) is 3.55. The van der Waals surface area contributed by atoms with Gasteiger partial charge < -0.3 is 5.32 Å². The number of thiophene rings is 1. The second kappa shape index (κ2) is 6.27. The fourth-order valence-corrected chi connectivity index (χ4v) is 3.80. The number of hydrogen-bond donors (Lipinski definition) is 1. The predicted octanol–water partition coefficient (Wildman–Crippen LogP) is 4.91. The molecule has 0 aliphatic heterocycles. The Labute approximate surface area is 116 Å². The zero-order chi connectivity index (χ0) is 13.9. The van der Waals surface area contributed by atoms with Crippen LogP contribution in [0.15, 0.2) is 17.5 Å². The summed E-state index contributed by atoms with van der Waals surface area (Å²) in [6.45, 7) is 1.63. The third kappa shape index (κ3) is 4.49. The third-order valence-corrected chi connectivity index (χ3v) is 4.68. The minimum Gasteiger partial charge on any atom is -0.306 e. The Bertz CT molecular complexity index is 369. The molecule has 108 valence electrons. The van der Waals surface area contributed by atoms with Gasteiger partial charge in [-0.2, -0.15) is 13.2 Å². The first kappa shape index (κ1) is 14.9. The Morgan fingerprint density at radius 2 is 2.05 bits per heavy atom. The second-order valence-electron chi connectivity index (χ2n) is 5.42. The van der Waals surface area contributed by atoms with Gasteiger partial charge >= 0.3 is 6.18 Å². The fraction of sp³-hybridized carbons (Fsp3) is 0.714. The first-order chi connectivity index (χ1) is 8.96. The van der Waals surface area contributed by atoms with E-state index in [9.17, 15) is 13.2 Å². The molecule has 1 aromatic rings. The van der Waals surface area contributed by atoms with Crippen LogP contribution in [0.3, 0.4) is 0 Å². The maximum absolute atomic E-state index is 12.4. The predicted molar refractivity (Wildman–Crippen MR) is 72.3 cm³/mol. The van der Waals surface area contributed by atoms with Gasteiger partial charge in [0, 0.05) is 17.0 Å². The first-order valence-corrected chi connectivity index (χ1v) is 7.70. The molecule has 2 rings (SSSR count). The molecule has 1 aliphatic carbocycles. The second-order valence-corrected chi connectivity index (χ2v) is 6.40. The maximum Gasteiger partial charge on any atom is 0.390 e. The molecule has 1 heterocycles. The molecule has 0 aromatic carbocycles. The highest BCUT2D eigenvalue weighted by Crippen LogP contribution is 2.38. The van der Waals surface area contributed by atoms with Crippen LogP contribution in [0.25, 0.3) is 0 Å². The number of rotatable bonds is 5. The molecule has 5 heteroatoms. The van der Waals surface area contributed by atoms with Crippen molar-refractivity contribution in [2.45, 2.75) is 57.3 Å². The van der Waals surface area contributed by atoms with Gasteiger partial charge in [0.2, 0.25) is 0 Å². The maximum atomic E-state index is 12.4. The molecular formula is C14H20F3NS. The molecule has 2 atom stereocenters. The van der Waals surface area contributed by atoms with Crippen LogP contribution in [0.5, 0.6) is 0 Å². The Balaban J connectivity index is 2.01. The van der Waals surface area contributed by atoms with Gasteiger partial charge in [-0.15, -0.1) is 11.3 Å². The smallest absolute Gasteiger partial charge is 0.306 e. The topological polar surface area (TPSA) is 12.0 Å². The molecule has 1 aliphatic rings. The molecule has 0 spiro atoms. The van der Waals surface area contributed by atoms with E-state index < -0.39 is 18.6 Å². The number of halogens is 3. The van der Waals surface area contributed by atoms with Gasteiger partial charge in [-0.05, 0) is 37.1 Å². The van der Waals surface area contributed by atoms with Crippen molar-refractivity contribution in [3.05, 3.63) is 22.4 Å². The third-order valence-electron chi connectivity index (χ3n) is 3.72. The zero-order valence-corrected chi connectivity index (χ0v) is 11.9. The highest BCUT2D eigenvalue weighted by Gasteiger charge is 2.33. The lowest BCUT2D eigenvalue weighted by atomic mass is 9.95. The van der Waals surface area contributed by atoms with Crippen LogP contribution in [-0.2, 0) is 0 Å². The lowest BCUT2D eigenvalue weighted by molar-refractivity contribution is -0.139. The van der Waals surface area contributed by atoms with Gasteiger partial charge in [-0.25, -0.2) is 0 Å². The van der Waals surface area contributed by atoms with Crippen LogP contribution in [0.4, 0.5) is 13.2 Å². The van der Waals surface area contributed by atoms with Crippen LogP contribution in [-0.4, -0.2) is 12.2 Å². The fourth-order valence-electron chi connectivity index (χ4n) is 2.92. The van der Waals surface area contributed by atoms with Crippen molar-refractivity contribution in [3.63, 3.8) is 0 Å². The van der Waals surface area contributed by atoms with Crippen LogP contribution in [0.1, 0.15) is 49.9 Å². The summed E-state index contributed by atoms with van der Waals surface area (Å²) >= 11 is 1.63. The standard InChI is InChI=1S/C14H20F3NS/c1-10(9-14(15,16)17)18-13(11-5-2-3-6-11)12-7-4-8-19-12/h4,7-8,10-11,13,18H,2-3,5-6,9H2,1H3. The molecule has 1 fully saturated rings.